The quantitative estimate of drug-likeness (QED) is 0.846. The molecule has 0 spiro atoms. The summed E-state index contributed by atoms with van der Waals surface area (Å²) < 4.78 is 7.39. The Labute approximate surface area is 143 Å². The van der Waals surface area contributed by atoms with Crippen molar-refractivity contribution in [1.29, 1.82) is 0 Å². The second-order valence-electron chi connectivity index (χ2n) is 6.66. The summed E-state index contributed by atoms with van der Waals surface area (Å²) in [7, 11) is 1.91. The molecule has 1 aliphatic heterocycles. The van der Waals surface area contributed by atoms with Crippen LogP contribution < -0.4 is 0 Å². The molecule has 2 heterocycles. The summed E-state index contributed by atoms with van der Waals surface area (Å²) in [5.41, 5.74) is 2.94. The number of nitrogens with zero attached hydrogens (tertiary/aromatic N) is 3. The van der Waals surface area contributed by atoms with Gasteiger partial charge in [-0.25, -0.2) is 0 Å². The fraction of sp³-hybridized carbons (Fsp3) is 0.474. The largest absolute Gasteiger partial charge is 0.374 e. The molecular weight excluding hydrogens is 302 g/mol. The van der Waals surface area contributed by atoms with Crippen LogP contribution in [0.1, 0.15) is 54.2 Å². The fourth-order valence-electron chi connectivity index (χ4n) is 3.14. The van der Waals surface area contributed by atoms with Crippen molar-refractivity contribution in [3.8, 4) is 0 Å². The number of aromatic nitrogens is 2. The molecule has 0 N–H and O–H groups in total. The van der Waals surface area contributed by atoms with Gasteiger partial charge in [-0.15, -0.1) is 0 Å². The maximum Gasteiger partial charge on any atom is 0.254 e. The van der Waals surface area contributed by atoms with E-state index in [9.17, 15) is 4.79 Å². The molecule has 5 heteroatoms. The molecular formula is C19H25N3O2. The number of rotatable bonds is 5. The Morgan fingerprint density at radius 1 is 1.33 bits per heavy atom. The molecule has 1 fully saturated rings. The number of aryl methyl sites for hydroxylation is 1. The van der Waals surface area contributed by atoms with Gasteiger partial charge >= 0.3 is 0 Å². The number of likely N-dealkylation sites (tertiary alicyclic amines) is 1. The maximum absolute atomic E-state index is 12.9. The monoisotopic (exact) mass is 327 g/mol. The molecule has 24 heavy (non-hydrogen) atoms. The predicted octanol–water partition coefficient (Wildman–Crippen LogP) is 3.32. The van der Waals surface area contributed by atoms with E-state index in [1.54, 1.807) is 4.68 Å². The minimum atomic E-state index is 0.0951. The van der Waals surface area contributed by atoms with Crippen LogP contribution in [0.25, 0.3) is 0 Å². The highest BCUT2D eigenvalue weighted by Crippen LogP contribution is 2.32. The third-order valence-corrected chi connectivity index (χ3v) is 4.41. The van der Waals surface area contributed by atoms with Gasteiger partial charge in [-0.05, 0) is 44.4 Å². The molecule has 3 rings (SSSR count). The van der Waals surface area contributed by atoms with E-state index in [1.807, 2.05) is 62.5 Å². The van der Waals surface area contributed by atoms with Crippen molar-refractivity contribution in [3.05, 3.63) is 53.3 Å². The van der Waals surface area contributed by atoms with Crippen molar-refractivity contribution in [2.45, 2.75) is 45.4 Å². The third kappa shape index (κ3) is 3.67. The average molecular weight is 327 g/mol. The summed E-state index contributed by atoms with van der Waals surface area (Å²) in [6.45, 7) is 5.42. The van der Waals surface area contributed by atoms with Crippen molar-refractivity contribution in [2.75, 3.05) is 6.54 Å². The highest BCUT2D eigenvalue weighted by Gasteiger charge is 2.31. The molecule has 1 aromatic carbocycles. The Morgan fingerprint density at radius 2 is 2.08 bits per heavy atom. The van der Waals surface area contributed by atoms with Crippen molar-refractivity contribution in [3.63, 3.8) is 0 Å². The molecule has 1 saturated heterocycles. The van der Waals surface area contributed by atoms with E-state index < -0.39 is 0 Å². The zero-order valence-corrected chi connectivity index (χ0v) is 14.6. The lowest BCUT2D eigenvalue weighted by molar-refractivity contribution is 0.0655. The summed E-state index contributed by atoms with van der Waals surface area (Å²) >= 11 is 0. The summed E-state index contributed by atoms with van der Waals surface area (Å²) in [6.07, 6.45) is 6.10. The van der Waals surface area contributed by atoms with Crippen LogP contribution in [0.15, 0.2) is 36.7 Å². The first-order chi connectivity index (χ1) is 11.5. The van der Waals surface area contributed by atoms with Gasteiger partial charge in [0, 0.05) is 30.9 Å². The van der Waals surface area contributed by atoms with Gasteiger partial charge in [-0.1, -0.05) is 12.1 Å². The molecule has 128 valence electrons. The Morgan fingerprint density at radius 3 is 2.71 bits per heavy atom. The molecule has 0 unspecified atom stereocenters. The Balaban J connectivity index is 1.71. The van der Waals surface area contributed by atoms with Gasteiger partial charge < -0.3 is 9.64 Å². The Hall–Kier alpha value is -2.14. The van der Waals surface area contributed by atoms with Gasteiger partial charge in [0.25, 0.3) is 5.91 Å². The third-order valence-electron chi connectivity index (χ3n) is 4.41. The smallest absolute Gasteiger partial charge is 0.254 e. The molecule has 1 aromatic heterocycles. The van der Waals surface area contributed by atoms with E-state index in [0.717, 1.165) is 36.1 Å². The Bertz CT molecular complexity index is 691. The average Bonchev–Trinajstić information content (AvgIpc) is 3.21. The van der Waals surface area contributed by atoms with Gasteiger partial charge in [0.05, 0.1) is 24.9 Å². The number of hydrogen-bond donors (Lipinski definition) is 0. The van der Waals surface area contributed by atoms with Gasteiger partial charge in [0.15, 0.2) is 0 Å². The van der Waals surface area contributed by atoms with Crippen LogP contribution in [-0.4, -0.2) is 33.2 Å². The van der Waals surface area contributed by atoms with E-state index in [-0.39, 0.29) is 18.1 Å². The number of ether oxygens (including phenoxy) is 1. The summed E-state index contributed by atoms with van der Waals surface area (Å²) in [5, 5.41) is 4.24. The number of benzene rings is 1. The molecule has 0 radical (unpaired) electrons. The van der Waals surface area contributed by atoms with Crippen LogP contribution in [0, 0.1) is 0 Å². The van der Waals surface area contributed by atoms with Crippen molar-refractivity contribution in [1.82, 2.24) is 14.7 Å². The minimum absolute atomic E-state index is 0.0951. The number of carbonyl (C=O) groups excluding carboxylic acids is 1. The molecule has 2 aromatic rings. The van der Waals surface area contributed by atoms with E-state index in [4.69, 9.17) is 4.74 Å². The molecule has 1 amide bonds. The van der Waals surface area contributed by atoms with Crippen molar-refractivity contribution >= 4 is 5.91 Å². The molecule has 0 aliphatic carbocycles. The molecule has 1 atom stereocenters. The predicted molar refractivity (Wildman–Crippen MR) is 92.6 cm³/mol. The minimum Gasteiger partial charge on any atom is -0.374 e. The van der Waals surface area contributed by atoms with Crippen LogP contribution in [0.2, 0.25) is 0 Å². The molecule has 5 nitrogen and oxygen atoms in total. The lowest BCUT2D eigenvalue weighted by atomic mass is 10.1. The summed E-state index contributed by atoms with van der Waals surface area (Å²) in [5.74, 6) is 0.0951. The first kappa shape index (κ1) is 16.7. The first-order valence-electron chi connectivity index (χ1n) is 8.54. The standard InChI is InChI=1S/C19H25N3O2/c1-14(2)24-13-15-6-8-16(9-7-15)19(23)22-10-4-5-18(22)17-11-20-21(3)12-17/h6-9,11-12,14,18H,4-5,10,13H2,1-3H3/t18-/m0/s1. The Kier molecular flexibility index (Phi) is 5.00. The lowest BCUT2D eigenvalue weighted by Crippen LogP contribution is -2.30. The van der Waals surface area contributed by atoms with Crippen LogP contribution in [0.3, 0.4) is 0 Å². The fourth-order valence-corrected chi connectivity index (χ4v) is 3.14. The van der Waals surface area contributed by atoms with Crippen molar-refractivity contribution < 1.29 is 9.53 Å². The lowest BCUT2D eigenvalue weighted by Gasteiger charge is -2.24. The van der Waals surface area contributed by atoms with E-state index in [2.05, 4.69) is 5.10 Å². The highest BCUT2D eigenvalue weighted by molar-refractivity contribution is 5.94. The van der Waals surface area contributed by atoms with E-state index in [1.165, 1.54) is 0 Å². The van der Waals surface area contributed by atoms with Crippen LogP contribution in [-0.2, 0) is 18.4 Å². The zero-order chi connectivity index (χ0) is 17.1. The number of hydrogen-bond acceptors (Lipinski definition) is 3. The van der Waals surface area contributed by atoms with Crippen molar-refractivity contribution in [2.24, 2.45) is 7.05 Å². The highest BCUT2D eigenvalue weighted by atomic mass is 16.5. The molecule has 0 saturated carbocycles. The summed E-state index contributed by atoms with van der Waals surface area (Å²) in [6, 6.07) is 7.89. The maximum atomic E-state index is 12.9. The van der Waals surface area contributed by atoms with E-state index in [0.29, 0.717) is 6.61 Å². The number of carbonyl (C=O) groups is 1. The van der Waals surface area contributed by atoms with Crippen LogP contribution in [0.5, 0.6) is 0 Å². The normalized spacial score (nSPS) is 17.7. The second-order valence-corrected chi connectivity index (χ2v) is 6.66. The SMILES string of the molecule is CC(C)OCc1ccc(C(=O)N2CCC[C@H]2c2cnn(C)c2)cc1. The van der Waals surface area contributed by atoms with Crippen LogP contribution in [0.4, 0.5) is 0 Å². The van der Waals surface area contributed by atoms with Gasteiger partial charge in [-0.3, -0.25) is 9.48 Å². The van der Waals surface area contributed by atoms with E-state index >= 15 is 0 Å². The van der Waals surface area contributed by atoms with Gasteiger partial charge in [-0.2, -0.15) is 5.10 Å². The first-order valence-corrected chi connectivity index (χ1v) is 8.54. The molecule has 1 aliphatic rings. The topological polar surface area (TPSA) is 47.4 Å². The number of amides is 1. The second kappa shape index (κ2) is 7.18. The molecule has 0 bridgehead atoms. The van der Waals surface area contributed by atoms with Crippen LogP contribution >= 0.6 is 0 Å². The summed E-state index contributed by atoms with van der Waals surface area (Å²) in [4.78, 5) is 14.9. The van der Waals surface area contributed by atoms with Gasteiger partial charge in [0.1, 0.15) is 0 Å². The zero-order valence-electron chi connectivity index (χ0n) is 14.6. The van der Waals surface area contributed by atoms with Gasteiger partial charge in [0.2, 0.25) is 0 Å².